The second kappa shape index (κ2) is 5.20. The summed E-state index contributed by atoms with van der Waals surface area (Å²) >= 11 is 0. The van der Waals surface area contributed by atoms with Crippen LogP contribution in [0.1, 0.15) is 28.7 Å². The summed E-state index contributed by atoms with van der Waals surface area (Å²) in [4.78, 5) is 0. The van der Waals surface area contributed by atoms with E-state index >= 15 is 0 Å². The van der Waals surface area contributed by atoms with E-state index in [0.717, 1.165) is 11.3 Å². The molecular formula is C14H14F3NO2. The Hall–Kier alpha value is -1.95. The highest BCUT2D eigenvalue weighted by Gasteiger charge is 2.31. The van der Waals surface area contributed by atoms with Gasteiger partial charge >= 0.3 is 6.36 Å². The minimum absolute atomic E-state index is 0.278. The Bertz CT molecular complexity index is 568. The van der Waals surface area contributed by atoms with E-state index in [-0.39, 0.29) is 5.75 Å². The smallest absolute Gasteiger partial charge is 0.464 e. The Kier molecular flexibility index (Phi) is 3.76. The van der Waals surface area contributed by atoms with Crippen molar-refractivity contribution in [3.63, 3.8) is 0 Å². The van der Waals surface area contributed by atoms with Gasteiger partial charge in [-0.25, -0.2) is 0 Å². The molecule has 20 heavy (non-hydrogen) atoms. The van der Waals surface area contributed by atoms with Crippen LogP contribution in [0.15, 0.2) is 34.7 Å². The number of ether oxygens (including phenoxy) is 1. The highest BCUT2D eigenvalue weighted by Crippen LogP contribution is 2.27. The lowest BCUT2D eigenvalue weighted by Crippen LogP contribution is -2.17. The van der Waals surface area contributed by atoms with E-state index in [0.29, 0.717) is 11.3 Å². The topological polar surface area (TPSA) is 48.4 Å². The summed E-state index contributed by atoms with van der Waals surface area (Å²) in [6.07, 6.45) is -4.70. The van der Waals surface area contributed by atoms with E-state index < -0.39 is 12.4 Å². The monoisotopic (exact) mass is 285 g/mol. The Labute approximate surface area is 114 Å². The van der Waals surface area contributed by atoms with Gasteiger partial charge in [-0.05, 0) is 43.2 Å². The van der Waals surface area contributed by atoms with E-state index in [2.05, 4.69) is 4.74 Å². The molecule has 0 aliphatic carbocycles. The largest absolute Gasteiger partial charge is 0.573 e. The molecule has 0 bridgehead atoms. The van der Waals surface area contributed by atoms with Crippen LogP contribution < -0.4 is 10.5 Å². The molecule has 6 heteroatoms. The lowest BCUT2D eigenvalue weighted by Gasteiger charge is -2.12. The van der Waals surface area contributed by atoms with Crippen molar-refractivity contribution in [1.29, 1.82) is 0 Å². The number of hydrogen-bond acceptors (Lipinski definition) is 3. The van der Waals surface area contributed by atoms with Crippen molar-refractivity contribution >= 4 is 0 Å². The van der Waals surface area contributed by atoms with Gasteiger partial charge < -0.3 is 14.9 Å². The van der Waals surface area contributed by atoms with Gasteiger partial charge in [0.05, 0.1) is 6.04 Å². The third-order valence-electron chi connectivity index (χ3n) is 2.96. The van der Waals surface area contributed by atoms with Crippen molar-refractivity contribution in [2.24, 2.45) is 5.73 Å². The Morgan fingerprint density at radius 2 is 1.75 bits per heavy atom. The fourth-order valence-electron chi connectivity index (χ4n) is 1.80. The maximum atomic E-state index is 12.1. The normalized spacial score (nSPS) is 13.3. The van der Waals surface area contributed by atoms with Gasteiger partial charge in [0.25, 0.3) is 0 Å². The Morgan fingerprint density at radius 3 is 2.20 bits per heavy atom. The number of benzene rings is 1. The lowest BCUT2D eigenvalue weighted by atomic mass is 10.1. The van der Waals surface area contributed by atoms with Crippen LogP contribution in [0.5, 0.6) is 5.75 Å². The van der Waals surface area contributed by atoms with Crippen molar-refractivity contribution < 1.29 is 22.3 Å². The lowest BCUT2D eigenvalue weighted by molar-refractivity contribution is -0.274. The van der Waals surface area contributed by atoms with Crippen LogP contribution in [0.3, 0.4) is 0 Å². The van der Waals surface area contributed by atoms with Crippen LogP contribution in [0, 0.1) is 13.8 Å². The molecule has 1 atom stereocenters. The van der Waals surface area contributed by atoms with Gasteiger partial charge in [-0.15, -0.1) is 13.2 Å². The van der Waals surface area contributed by atoms with Gasteiger partial charge in [0.15, 0.2) is 0 Å². The van der Waals surface area contributed by atoms with Crippen LogP contribution in [0.25, 0.3) is 0 Å². The van der Waals surface area contributed by atoms with Crippen molar-refractivity contribution in [1.82, 2.24) is 0 Å². The molecule has 108 valence electrons. The minimum atomic E-state index is -4.70. The number of aryl methyl sites for hydroxylation is 2. The number of furan rings is 1. The molecule has 0 aliphatic rings. The summed E-state index contributed by atoms with van der Waals surface area (Å²) in [5.41, 5.74) is 7.64. The van der Waals surface area contributed by atoms with Gasteiger partial charge in [-0.1, -0.05) is 12.1 Å². The van der Waals surface area contributed by atoms with Gasteiger partial charge in [0.2, 0.25) is 0 Å². The maximum Gasteiger partial charge on any atom is 0.573 e. The van der Waals surface area contributed by atoms with Crippen molar-refractivity contribution in [3.05, 3.63) is 53.0 Å². The highest BCUT2D eigenvalue weighted by molar-refractivity contribution is 5.34. The molecule has 0 spiro atoms. The van der Waals surface area contributed by atoms with Gasteiger partial charge in [-0.3, -0.25) is 0 Å². The van der Waals surface area contributed by atoms with Crippen LogP contribution in [-0.4, -0.2) is 6.36 Å². The van der Waals surface area contributed by atoms with E-state index in [9.17, 15) is 13.2 Å². The molecule has 1 aromatic heterocycles. The van der Waals surface area contributed by atoms with Crippen molar-refractivity contribution in [2.45, 2.75) is 26.3 Å². The number of rotatable bonds is 3. The first kappa shape index (κ1) is 14.5. The van der Waals surface area contributed by atoms with Crippen molar-refractivity contribution in [3.8, 4) is 5.75 Å². The molecule has 0 amide bonds. The fourth-order valence-corrected chi connectivity index (χ4v) is 1.80. The molecule has 2 N–H and O–H groups in total. The summed E-state index contributed by atoms with van der Waals surface area (Å²) < 4.78 is 45.5. The zero-order valence-corrected chi connectivity index (χ0v) is 11.0. The average Bonchev–Trinajstić information content (AvgIpc) is 2.68. The molecule has 2 rings (SSSR count). The summed E-state index contributed by atoms with van der Waals surface area (Å²) in [6, 6.07) is 6.72. The zero-order chi connectivity index (χ0) is 14.9. The second-order valence-electron chi connectivity index (χ2n) is 4.48. The predicted octanol–water partition coefficient (Wildman–Crippen LogP) is 3.84. The number of halogens is 3. The molecule has 0 radical (unpaired) electrons. The summed E-state index contributed by atoms with van der Waals surface area (Å²) in [5, 5.41) is 0. The van der Waals surface area contributed by atoms with Crippen molar-refractivity contribution in [2.75, 3.05) is 0 Å². The second-order valence-corrected chi connectivity index (χ2v) is 4.48. The standard InChI is InChI=1S/C14H14F3NO2/c1-8-7-12(19-9(8)2)13(18)10-3-5-11(6-4-10)20-14(15,16)17/h3-7,13H,18H2,1-2H3/t13-/m0/s1. The fraction of sp³-hybridized carbons (Fsp3) is 0.286. The predicted molar refractivity (Wildman–Crippen MR) is 67.3 cm³/mol. The SMILES string of the molecule is Cc1cc([C@@H](N)c2ccc(OC(F)(F)F)cc2)oc1C. The molecule has 1 aromatic carbocycles. The molecule has 0 fully saturated rings. The number of hydrogen-bond donors (Lipinski definition) is 1. The van der Waals surface area contributed by atoms with E-state index in [1.807, 2.05) is 19.9 Å². The van der Waals surface area contributed by atoms with E-state index in [1.54, 1.807) is 0 Å². The van der Waals surface area contributed by atoms with Gasteiger partial charge in [-0.2, -0.15) is 0 Å². The van der Waals surface area contributed by atoms with Crippen LogP contribution >= 0.6 is 0 Å². The third kappa shape index (κ3) is 3.33. The first-order valence-electron chi connectivity index (χ1n) is 5.94. The Morgan fingerprint density at radius 1 is 1.15 bits per heavy atom. The van der Waals surface area contributed by atoms with Crippen LogP contribution in [0.4, 0.5) is 13.2 Å². The molecule has 2 aromatic rings. The molecule has 0 aliphatic heterocycles. The van der Waals surface area contributed by atoms with E-state index in [1.165, 1.54) is 24.3 Å². The van der Waals surface area contributed by atoms with Crippen LogP contribution in [0.2, 0.25) is 0 Å². The first-order valence-corrected chi connectivity index (χ1v) is 5.94. The average molecular weight is 285 g/mol. The third-order valence-corrected chi connectivity index (χ3v) is 2.96. The minimum Gasteiger partial charge on any atom is -0.464 e. The molecule has 0 saturated carbocycles. The Balaban J connectivity index is 2.17. The summed E-state index contributed by atoms with van der Waals surface area (Å²) in [6.45, 7) is 3.72. The van der Waals surface area contributed by atoms with Gasteiger partial charge in [0, 0.05) is 0 Å². The number of alkyl halides is 3. The molecule has 0 unspecified atom stereocenters. The number of nitrogens with two attached hydrogens (primary N) is 1. The van der Waals surface area contributed by atoms with Crippen LogP contribution in [-0.2, 0) is 0 Å². The maximum absolute atomic E-state index is 12.1. The molecular weight excluding hydrogens is 271 g/mol. The molecule has 3 nitrogen and oxygen atoms in total. The molecule has 0 saturated heterocycles. The highest BCUT2D eigenvalue weighted by atomic mass is 19.4. The first-order chi connectivity index (χ1) is 9.26. The van der Waals surface area contributed by atoms with Gasteiger partial charge in [0.1, 0.15) is 17.3 Å². The van der Waals surface area contributed by atoms with E-state index in [4.69, 9.17) is 10.2 Å². The summed E-state index contributed by atoms with van der Waals surface area (Å²) in [7, 11) is 0. The summed E-state index contributed by atoms with van der Waals surface area (Å²) in [5.74, 6) is 1.07. The quantitative estimate of drug-likeness (QED) is 0.932. The molecule has 1 heterocycles. The zero-order valence-electron chi connectivity index (χ0n) is 11.0.